The maximum Gasteiger partial charge on any atom is 0.336 e. The molecule has 7 nitrogen and oxygen atoms in total. The number of rotatable bonds is 5. The Balaban J connectivity index is 1.38. The minimum Gasteiger partial charge on any atom is -0.484 e. The number of fused-ring (bicyclic) bond motifs is 1. The highest BCUT2D eigenvalue weighted by Gasteiger charge is 2.23. The average molecular weight is 371 g/mol. The molecule has 0 radical (unpaired) electrons. The molecule has 0 saturated heterocycles. The molecule has 1 fully saturated rings. The highest BCUT2D eigenvalue weighted by atomic mass is 32.1. The Hall–Kier alpha value is -2.74. The van der Waals surface area contributed by atoms with Crippen LogP contribution in [0.2, 0.25) is 0 Å². The van der Waals surface area contributed by atoms with Crippen molar-refractivity contribution < 1.29 is 13.9 Å². The zero-order valence-electron chi connectivity index (χ0n) is 14.2. The first kappa shape index (κ1) is 16.7. The fourth-order valence-electron chi connectivity index (χ4n) is 2.80. The number of aryl methyl sites for hydroxylation is 1. The van der Waals surface area contributed by atoms with E-state index >= 15 is 0 Å². The van der Waals surface area contributed by atoms with Crippen LogP contribution in [0.4, 0.5) is 5.13 Å². The van der Waals surface area contributed by atoms with Crippen LogP contribution in [0.15, 0.2) is 33.5 Å². The van der Waals surface area contributed by atoms with Gasteiger partial charge >= 0.3 is 5.63 Å². The summed E-state index contributed by atoms with van der Waals surface area (Å²) in [4.78, 5) is 23.5. The molecule has 2 aromatic heterocycles. The van der Waals surface area contributed by atoms with Crippen molar-refractivity contribution >= 4 is 33.3 Å². The van der Waals surface area contributed by atoms with E-state index in [1.807, 2.05) is 6.92 Å². The molecule has 0 aliphatic heterocycles. The quantitative estimate of drug-likeness (QED) is 0.692. The fraction of sp³-hybridized carbons (Fsp3) is 0.333. The second-order valence-electron chi connectivity index (χ2n) is 6.32. The van der Waals surface area contributed by atoms with E-state index in [1.54, 1.807) is 18.2 Å². The molecule has 2 heterocycles. The van der Waals surface area contributed by atoms with Gasteiger partial charge < -0.3 is 9.15 Å². The van der Waals surface area contributed by atoms with Crippen molar-refractivity contribution in [2.24, 2.45) is 0 Å². The Morgan fingerprint density at radius 1 is 1.35 bits per heavy atom. The summed E-state index contributed by atoms with van der Waals surface area (Å²) in [6.07, 6.45) is 3.51. The highest BCUT2D eigenvalue weighted by molar-refractivity contribution is 7.15. The Labute approximate surface area is 153 Å². The second-order valence-corrected chi connectivity index (χ2v) is 7.33. The van der Waals surface area contributed by atoms with Gasteiger partial charge in [-0.05, 0) is 37.5 Å². The first-order valence-corrected chi connectivity index (χ1v) is 9.21. The Morgan fingerprint density at radius 3 is 2.96 bits per heavy atom. The van der Waals surface area contributed by atoms with Crippen LogP contribution in [0.3, 0.4) is 0 Å². The molecule has 1 amide bonds. The van der Waals surface area contributed by atoms with Crippen LogP contribution in [-0.2, 0) is 4.79 Å². The Morgan fingerprint density at radius 2 is 2.19 bits per heavy atom. The zero-order valence-corrected chi connectivity index (χ0v) is 15.0. The summed E-state index contributed by atoms with van der Waals surface area (Å²) in [6, 6.07) is 6.59. The van der Waals surface area contributed by atoms with E-state index in [2.05, 4.69) is 15.5 Å². The first-order valence-electron chi connectivity index (χ1n) is 8.39. The van der Waals surface area contributed by atoms with Crippen LogP contribution < -0.4 is 15.7 Å². The second kappa shape index (κ2) is 6.87. The van der Waals surface area contributed by atoms with Crippen molar-refractivity contribution in [3.8, 4) is 5.75 Å². The lowest BCUT2D eigenvalue weighted by atomic mass is 9.86. The van der Waals surface area contributed by atoms with E-state index in [9.17, 15) is 9.59 Å². The van der Waals surface area contributed by atoms with Gasteiger partial charge in [-0.2, -0.15) is 0 Å². The minimum absolute atomic E-state index is 0.167. The fourth-order valence-corrected chi connectivity index (χ4v) is 3.73. The Kier molecular flexibility index (Phi) is 4.42. The summed E-state index contributed by atoms with van der Waals surface area (Å²) in [5.74, 6) is 0.631. The number of aromatic nitrogens is 2. The molecule has 0 bridgehead atoms. The van der Waals surface area contributed by atoms with E-state index in [4.69, 9.17) is 9.15 Å². The number of carbonyl (C=O) groups is 1. The van der Waals surface area contributed by atoms with Crippen molar-refractivity contribution in [1.29, 1.82) is 0 Å². The molecule has 3 aromatic rings. The van der Waals surface area contributed by atoms with Gasteiger partial charge in [0.25, 0.3) is 5.91 Å². The monoisotopic (exact) mass is 371 g/mol. The summed E-state index contributed by atoms with van der Waals surface area (Å²) < 4.78 is 10.7. The van der Waals surface area contributed by atoms with E-state index in [1.165, 1.54) is 23.8 Å². The molecular formula is C18H17N3O4S. The molecule has 8 heteroatoms. The molecule has 0 unspecified atom stereocenters. The van der Waals surface area contributed by atoms with E-state index in [-0.39, 0.29) is 12.5 Å². The van der Waals surface area contributed by atoms with Gasteiger partial charge in [0.15, 0.2) is 6.61 Å². The molecular weight excluding hydrogens is 354 g/mol. The number of ether oxygens (including phenoxy) is 1. The number of nitrogens with one attached hydrogen (secondary N) is 1. The standard InChI is InChI=1S/C18H17N3O4S/c1-10-7-16(23)25-14-8-12(5-6-13(10)14)24-9-15(22)19-18-21-20-17(26-18)11-3-2-4-11/h5-8,11H,2-4,9H2,1H3,(H,19,21,22). The van der Waals surface area contributed by atoms with Gasteiger partial charge in [0, 0.05) is 23.4 Å². The summed E-state index contributed by atoms with van der Waals surface area (Å²) in [6.45, 7) is 1.67. The van der Waals surface area contributed by atoms with Crippen molar-refractivity contribution in [2.75, 3.05) is 11.9 Å². The normalized spacial score (nSPS) is 14.2. The third-order valence-electron chi connectivity index (χ3n) is 4.43. The SMILES string of the molecule is Cc1cc(=O)oc2cc(OCC(=O)Nc3nnc(C4CCC4)s3)ccc12. The number of benzene rings is 1. The predicted molar refractivity (Wildman–Crippen MR) is 97.8 cm³/mol. The largest absolute Gasteiger partial charge is 0.484 e. The molecule has 4 rings (SSSR count). The van der Waals surface area contributed by atoms with Gasteiger partial charge in [-0.3, -0.25) is 10.1 Å². The predicted octanol–water partition coefficient (Wildman–Crippen LogP) is 3.24. The van der Waals surface area contributed by atoms with Gasteiger partial charge in [-0.25, -0.2) is 4.79 Å². The number of amides is 1. The van der Waals surface area contributed by atoms with E-state index in [0.29, 0.717) is 22.4 Å². The molecule has 0 spiro atoms. The molecule has 1 saturated carbocycles. The van der Waals surface area contributed by atoms with Crippen molar-refractivity contribution in [3.63, 3.8) is 0 Å². The van der Waals surface area contributed by atoms with Gasteiger partial charge in [-0.1, -0.05) is 17.8 Å². The van der Waals surface area contributed by atoms with Gasteiger partial charge in [0.2, 0.25) is 5.13 Å². The molecule has 0 atom stereocenters. The summed E-state index contributed by atoms with van der Waals surface area (Å²) in [5, 5.41) is 13.1. The summed E-state index contributed by atoms with van der Waals surface area (Å²) in [7, 11) is 0. The zero-order chi connectivity index (χ0) is 18.1. The topological polar surface area (TPSA) is 94.3 Å². The molecule has 1 aliphatic rings. The number of anilines is 1. The molecule has 134 valence electrons. The third kappa shape index (κ3) is 3.45. The minimum atomic E-state index is -0.413. The molecule has 26 heavy (non-hydrogen) atoms. The maximum absolute atomic E-state index is 12.0. The van der Waals surface area contributed by atoms with Crippen molar-refractivity contribution in [1.82, 2.24) is 10.2 Å². The third-order valence-corrected chi connectivity index (χ3v) is 5.44. The van der Waals surface area contributed by atoms with Crippen LogP contribution in [0.5, 0.6) is 5.75 Å². The lowest BCUT2D eigenvalue weighted by molar-refractivity contribution is -0.118. The molecule has 1 N–H and O–H groups in total. The lowest BCUT2D eigenvalue weighted by Crippen LogP contribution is -2.20. The number of hydrogen-bond acceptors (Lipinski definition) is 7. The van der Waals surface area contributed by atoms with E-state index in [0.717, 1.165) is 28.8 Å². The Bertz CT molecular complexity index is 1020. The summed E-state index contributed by atoms with van der Waals surface area (Å²) >= 11 is 1.41. The smallest absolute Gasteiger partial charge is 0.336 e. The van der Waals surface area contributed by atoms with Crippen LogP contribution in [0, 0.1) is 6.92 Å². The number of hydrogen-bond donors (Lipinski definition) is 1. The van der Waals surface area contributed by atoms with E-state index < -0.39 is 5.63 Å². The number of carbonyl (C=O) groups excluding carboxylic acids is 1. The molecule has 1 aliphatic carbocycles. The van der Waals surface area contributed by atoms with Crippen LogP contribution in [0.25, 0.3) is 11.0 Å². The first-order chi connectivity index (χ1) is 12.6. The van der Waals surface area contributed by atoms with Crippen LogP contribution in [0.1, 0.15) is 35.8 Å². The maximum atomic E-state index is 12.0. The average Bonchev–Trinajstić information content (AvgIpc) is 2.98. The van der Waals surface area contributed by atoms with Crippen molar-refractivity contribution in [2.45, 2.75) is 32.1 Å². The summed E-state index contributed by atoms with van der Waals surface area (Å²) in [5.41, 5.74) is 0.852. The highest BCUT2D eigenvalue weighted by Crippen LogP contribution is 2.38. The van der Waals surface area contributed by atoms with Crippen molar-refractivity contribution in [3.05, 3.63) is 45.3 Å². The lowest BCUT2D eigenvalue weighted by Gasteiger charge is -2.21. The van der Waals surface area contributed by atoms with Gasteiger partial charge in [0.1, 0.15) is 16.3 Å². The molecule has 1 aromatic carbocycles. The van der Waals surface area contributed by atoms with Gasteiger partial charge in [0.05, 0.1) is 0 Å². The van der Waals surface area contributed by atoms with Crippen LogP contribution in [-0.4, -0.2) is 22.7 Å². The van der Waals surface area contributed by atoms with Gasteiger partial charge in [-0.15, -0.1) is 10.2 Å². The number of nitrogens with zero attached hydrogens (tertiary/aromatic N) is 2. The van der Waals surface area contributed by atoms with Crippen LogP contribution >= 0.6 is 11.3 Å².